The van der Waals surface area contributed by atoms with Gasteiger partial charge in [-0.15, -0.1) is 0 Å². The molecular weight excluding hydrogens is 422 g/mol. The van der Waals surface area contributed by atoms with Gasteiger partial charge in [0.05, 0.1) is 16.6 Å². The third-order valence-electron chi connectivity index (χ3n) is 5.02. The number of para-hydroxylation sites is 1. The second-order valence-electron chi connectivity index (χ2n) is 7.46. The van der Waals surface area contributed by atoms with Crippen LogP contribution in [0.5, 0.6) is 0 Å². The second-order valence-corrected chi connectivity index (χ2v) is 7.46. The average Bonchev–Trinajstić information content (AvgIpc) is 2.71. The fourth-order valence-corrected chi connectivity index (χ4v) is 3.54. The lowest BCUT2D eigenvalue weighted by Crippen LogP contribution is -2.57. The molecule has 0 amide bonds. The summed E-state index contributed by atoms with van der Waals surface area (Å²) in [5.74, 6) is -2.31. The molecule has 0 radical (unpaired) electrons. The summed E-state index contributed by atoms with van der Waals surface area (Å²) < 4.78 is 22.5. The SMILES string of the molecule is CC[C@H]1O[C@@H](O/C(=C\c2ccccc2[N+](=O)[O-])C(C)=O)[C@H](OC(C)=O)[C@@H](OC(C)=O)C1C. The Morgan fingerprint density at radius 2 is 1.66 bits per heavy atom. The predicted octanol–water partition coefficient (Wildman–Crippen LogP) is 3.18. The van der Waals surface area contributed by atoms with Crippen LogP contribution in [0.2, 0.25) is 0 Å². The van der Waals surface area contributed by atoms with Crippen LogP contribution in [0.3, 0.4) is 0 Å². The van der Waals surface area contributed by atoms with Gasteiger partial charge >= 0.3 is 11.9 Å². The number of hydrogen-bond donors (Lipinski definition) is 0. The van der Waals surface area contributed by atoms with Crippen molar-refractivity contribution in [2.24, 2.45) is 5.92 Å². The van der Waals surface area contributed by atoms with Crippen molar-refractivity contribution in [2.45, 2.75) is 65.6 Å². The third kappa shape index (κ3) is 6.13. The van der Waals surface area contributed by atoms with Crippen molar-refractivity contribution >= 4 is 29.5 Å². The van der Waals surface area contributed by atoms with Crippen LogP contribution in [0.1, 0.15) is 46.6 Å². The van der Waals surface area contributed by atoms with E-state index in [2.05, 4.69) is 0 Å². The quantitative estimate of drug-likeness (QED) is 0.193. The van der Waals surface area contributed by atoms with Crippen LogP contribution >= 0.6 is 0 Å². The normalized spacial score (nSPS) is 25.5. The first-order chi connectivity index (χ1) is 15.0. The molecule has 0 aliphatic carbocycles. The zero-order chi connectivity index (χ0) is 24.0. The molecule has 1 aromatic carbocycles. The van der Waals surface area contributed by atoms with Crippen molar-refractivity contribution in [1.29, 1.82) is 0 Å². The van der Waals surface area contributed by atoms with Crippen molar-refractivity contribution in [1.82, 2.24) is 0 Å². The zero-order valence-electron chi connectivity index (χ0n) is 18.6. The maximum Gasteiger partial charge on any atom is 0.303 e. The van der Waals surface area contributed by atoms with Gasteiger partial charge in [-0.2, -0.15) is 0 Å². The van der Waals surface area contributed by atoms with E-state index in [4.69, 9.17) is 18.9 Å². The molecule has 1 aliphatic rings. The van der Waals surface area contributed by atoms with Crippen LogP contribution < -0.4 is 0 Å². The van der Waals surface area contributed by atoms with Crippen LogP contribution in [-0.4, -0.2) is 47.2 Å². The Bertz CT molecular complexity index is 910. The van der Waals surface area contributed by atoms with Gasteiger partial charge in [0, 0.05) is 32.8 Å². The molecule has 0 aromatic heterocycles. The van der Waals surface area contributed by atoms with Crippen molar-refractivity contribution in [3.63, 3.8) is 0 Å². The van der Waals surface area contributed by atoms with Crippen molar-refractivity contribution < 1.29 is 38.3 Å². The summed E-state index contributed by atoms with van der Waals surface area (Å²) in [7, 11) is 0. The summed E-state index contributed by atoms with van der Waals surface area (Å²) >= 11 is 0. The zero-order valence-corrected chi connectivity index (χ0v) is 18.6. The monoisotopic (exact) mass is 449 g/mol. The van der Waals surface area contributed by atoms with Crippen LogP contribution in [-0.2, 0) is 33.3 Å². The lowest BCUT2D eigenvalue weighted by molar-refractivity contribution is -0.385. The van der Waals surface area contributed by atoms with Gasteiger partial charge in [0.25, 0.3) is 5.69 Å². The number of ketones is 1. The average molecular weight is 449 g/mol. The molecule has 1 aromatic rings. The van der Waals surface area contributed by atoms with Gasteiger partial charge in [0.2, 0.25) is 12.4 Å². The molecule has 0 spiro atoms. The summed E-state index contributed by atoms with van der Waals surface area (Å²) in [6.07, 6.45) is -1.96. The number of nitro groups is 1. The fraction of sp³-hybridized carbons (Fsp3) is 0.500. The highest BCUT2D eigenvalue weighted by Gasteiger charge is 2.49. The number of nitrogens with zero attached hydrogens (tertiary/aromatic N) is 1. The van der Waals surface area contributed by atoms with Gasteiger partial charge in [0.15, 0.2) is 11.5 Å². The van der Waals surface area contributed by atoms with Crippen LogP contribution in [0.4, 0.5) is 5.69 Å². The Morgan fingerprint density at radius 1 is 1.06 bits per heavy atom. The first-order valence-corrected chi connectivity index (χ1v) is 10.2. The van der Waals surface area contributed by atoms with Crippen molar-refractivity contribution in [3.8, 4) is 0 Å². The van der Waals surface area contributed by atoms with Gasteiger partial charge in [-0.25, -0.2) is 0 Å². The molecule has 0 saturated carbocycles. The van der Waals surface area contributed by atoms with E-state index in [0.29, 0.717) is 6.42 Å². The Hall–Kier alpha value is -3.27. The standard InChI is InChI=1S/C22H27NO9/c1-6-18-12(2)20(29-14(4)25)21(30-15(5)26)22(31-18)32-19(13(3)24)11-16-9-7-8-10-17(16)23(27)28/h7-12,18,20-22H,6H2,1-5H3/b19-11-/t12?,18-,20+,21-,22+/m1/s1. The predicted molar refractivity (Wildman–Crippen MR) is 112 cm³/mol. The summed E-state index contributed by atoms with van der Waals surface area (Å²) in [4.78, 5) is 46.5. The summed E-state index contributed by atoms with van der Waals surface area (Å²) in [5.41, 5.74) is -0.0618. The Balaban J connectivity index is 2.47. The molecule has 1 unspecified atom stereocenters. The smallest absolute Gasteiger partial charge is 0.303 e. The highest BCUT2D eigenvalue weighted by atomic mass is 16.7. The number of rotatable bonds is 8. The number of nitro benzene ring substituents is 1. The number of hydrogen-bond acceptors (Lipinski definition) is 9. The molecule has 1 aliphatic heterocycles. The molecular formula is C22H27NO9. The fourth-order valence-electron chi connectivity index (χ4n) is 3.54. The maximum atomic E-state index is 12.3. The molecule has 2 rings (SSSR count). The largest absolute Gasteiger partial charge is 0.458 e. The van der Waals surface area contributed by atoms with Gasteiger partial charge < -0.3 is 18.9 Å². The van der Waals surface area contributed by atoms with E-state index >= 15 is 0 Å². The lowest BCUT2D eigenvalue weighted by Gasteiger charge is -2.43. The molecule has 0 N–H and O–H groups in total. The number of Topliss-reactive ketones (excluding diaryl/α,β-unsaturated/α-hetero) is 1. The summed E-state index contributed by atoms with van der Waals surface area (Å²) in [6.45, 7) is 7.31. The molecule has 10 heteroatoms. The minimum absolute atomic E-state index is 0.152. The highest BCUT2D eigenvalue weighted by molar-refractivity contribution is 5.96. The van der Waals surface area contributed by atoms with Crippen molar-refractivity contribution in [3.05, 3.63) is 45.7 Å². The molecule has 174 valence electrons. The highest BCUT2D eigenvalue weighted by Crippen LogP contribution is 2.34. The number of carbonyl (C=O) groups excluding carboxylic acids is 3. The number of benzene rings is 1. The topological polar surface area (TPSA) is 131 Å². The second kappa shape index (κ2) is 10.9. The molecule has 5 atom stereocenters. The van der Waals surface area contributed by atoms with E-state index < -0.39 is 47.2 Å². The molecule has 32 heavy (non-hydrogen) atoms. The van der Waals surface area contributed by atoms with Gasteiger partial charge in [-0.05, 0) is 18.6 Å². The van der Waals surface area contributed by atoms with Crippen LogP contribution in [0, 0.1) is 16.0 Å². The first-order valence-electron chi connectivity index (χ1n) is 10.2. The van der Waals surface area contributed by atoms with E-state index in [1.54, 1.807) is 13.0 Å². The maximum absolute atomic E-state index is 12.3. The molecule has 0 bridgehead atoms. The molecule has 1 heterocycles. The Kier molecular flexibility index (Phi) is 8.48. The van der Waals surface area contributed by atoms with Crippen LogP contribution in [0.25, 0.3) is 6.08 Å². The van der Waals surface area contributed by atoms with E-state index in [9.17, 15) is 24.5 Å². The molecule has 1 saturated heterocycles. The lowest BCUT2D eigenvalue weighted by atomic mass is 9.89. The molecule has 1 fully saturated rings. The number of allylic oxidation sites excluding steroid dienone is 1. The van der Waals surface area contributed by atoms with E-state index in [-0.39, 0.29) is 22.9 Å². The van der Waals surface area contributed by atoms with Gasteiger partial charge in [-0.3, -0.25) is 24.5 Å². The first kappa shape index (κ1) is 25.0. The van der Waals surface area contributed by atoms with Gasteiger partial charge in [-0.1, -0.05) is 26.0 Å². The number of carbonyl (C=O) groups is 3. The Labute approximate surface area is 185 Å². The minimum atomic E-state index is -1.28. The van der Waals surface area contributed by atoms with E-state index in [1.165, 1.54) is 45.0 Å². The number of esters is 2. The van der Waals surface area contributed by atoms with E-state index in [1.807, 2.05) is 6.92 Å². The van der Waals surface area contributed by atoms with Gasteiger partial charge in [0.1, 0.15) is 6.10 Å². The van der Waals surface area contributed by atoms with Crippen molar-refractivity contribution in [2.75, 3.05) is 0 Å². The number of ether oxygens (including phenoxy) is 4. The van der Waals surface area contributed by atoms with Crippen LogP contribution in [0.15, 0.2) is 30.0 Å². The summed E-state index contributed by atoms with van der Waals surface area (Å²) in [5, 5.41) is 11.3. The molecule has 10 nitrogen and oxygen atoms in total. The minimum Gasteiger partial charge on any atom is -0.458 e. The Morgan fingerprint density at radius 3 is 2.19 bits per heavy atom. The van der Waals surface area contributed by atoms with E-state index in [0.717, 1.165) is 0 Å². The summed E-state index contributed by atoms with van der Waals surface area (Å²) in [6, 6.07) is 5.85. The third-order valence-corrected chi connectivity index (χ3v) is 5.02.